The molecule has 0 N–H and O–H groups in total. The maximum Gasteiger partial charge on any atom is 0.416 e. The zero-order valence-corrected chi connectivity index (χ0v) is 20.5. The van der Waals surface area contributed by atoms with E-state index in [0.717, 1.165) is 31.6 Å². The van der Waals surface area contributed by atoms with Crippen molar-refractivity contribution < 1.29 is 17.9 Å². The van der Waals surface area contributed by atoms with Crippen LogP contribution in [0.15, 0.2) is 42.5 Å². The normalized spacial score (nSPS) is 30.6. The van der Waals surface area contributed by atoms with Gasteiger partial charge >= 0.3 is 6.18 Å². The Bertz CT molecular complexity index is 1030. The van der Waals surface area contributed by atoms with Crippen LogP contribution in [0.1, 0.15) is 74.1 Å². The highest BCUT2D eigenvalue weighted by molar-refractivity contribution is 5.41. The number of nitrogens with zero attached hydrogens (tertiary/aromatic N) is 1. The van der Waals surface area contributed by atoms with Crippen LogP contribution in [0.2, 0.25) is 0 Å². The fourth-order valence-corrected chi connectivity index (χ4v) is 7.85. The summed E-state index contributed by atoms with van der Waals surface area (Å²) in [5.74, 6) is 2.85. The first kappa shape index (κ1) is 23.7. The van der Waals surface area contributed by atoms with Gasteiger partial charge in [-0.25, -0.2) is 0 Å². The van der Waals surface area contributed by atoms with Crippen molar-refractivity contribution in [1.82, 2.24) is 4.90 Å². The molecular formula is C29H36F3NO. The number of aryl methyl sites for hydroxylation is 1. The van der Waals surface area contributed by atoms with Gasteiger partial charge in [-0.1, -0.05) is 38.1 Å². The van der Waals surface area contributed by atoms with E-state index in [0.29, 0.717) is 35.9 Å². The summed E-state index contributed by atoms with van der Waals surface area (Å²) < 4.78 is 46.4. The Labute approximate surface area is 201 Å². The predicted octanol–water partition coefficient (Wildman–Crippen LogP) is 7.46. The molecule has 0 saturated heterocycles. The molecule has 3 aliphatic rings. The lowest BCUT2D eigenvalue weighted by Crippen LogP contribution is -2.50. The van der Waals surface area contributed by atoms with Crippen LogP contribution >= 0.6 is 0 Å². The molecule has 0 heterocycles. The van der Waals surface area contributed by atoms with Crippen LogP contribution in [-0.2, 0) is 19.1 Å². The maximum atomic E-state index is 13.7. The van der Waals surface area contributed by atoms with Crippen LogP contribution in [0, 0.1) is 17.3 Å². The van der Waals surface area contributed by atoms with E-state index in [1.54, 1.807) is 19.2 Å². The molecule has 184 valence electrons. The molecule has 2 fully saturated rings. The minimum Gasteiger partial charge on any atom is -0.497 e. The topological polar surface area (TPSA) is 12.5 Å². The molecule has 0 amide bonds. The van der Waals surface area contributed by atoms with Gasteiger partial charge in [0, 0.05) is 12.6 Å². The van der Waals surface area contributed by atoms with Gasteiger partial charge in [0.2, 0.25) is 0 Å². The summed E-state index contributed by atoms with van der Waals surface area (Å²) in [4.78, 5) is 2.34. The van der Waals surface area contributed by atoms with E-state index in [1.807, 2.05) is 0 Å². The van der Waals surface area contributed by atoms with Crippen molar-refractivity contribution in [3.8, 4) is 5.75 Å². The Morgan fingerprint density at radius 3 is 2.59 bits per heavy atom. The Hall–Kier alpha value is -2.01. The molecule has 2 saturated carbocycles. The summed E-state index contributed by atoms with van der Waals surface area (Å²) in [6, 6.07) is 13.0. The molecule has 5 atom stereocenters. The second kappa shape index (κ2) is 8.89. The van der Waals surface area contributed by atoms with Gasteiger partial charge in [-0.3, -0.25) is 4.90 Å². The number of alkyl halides is 3. The van der Waals surface area contributed by atoms with E-state index in [4.69, 9.17) is 4.74 Å². The van der Waals surface area contributed by atoms with Crippen molar-refractivity contribution in [3.63, 3.8) is 0 Å². The molecule has 0 aromatic heterocycles. The van der Waals surface area contributed by atoms with Crippen LogP contribution in [0.5, 0.6) is 5.75 Å². The summed E-state index contributed by atoms with van der Waals surface area (Å²) in [5, 5.41) is 0. The second-order valence-electron chi connectivity index (χ2n) is 10.8. The van der Waals surface area contributed by atoms with Crippen LogP contribution < -0.4 is 4.74 Å². The van der Waals surface area contributed by atoms with Gasteiger partial charge in [0.15, 0.2) is 0 Å². The summed E-state index contributed by atoms with van der Waals surface area (Å²) >= 11 is 0. The molecule has 0 aliphatic heterocycles. The van der Waals surface area contributed by atoms with Crippen molar-refractivity contribution in [2.24, 2.45) is 17.3 Å². The van der Waals surface area contributed by atoms with Crippen molar-refractivity contribution in [2.45, 2.75) is 77.1 Å². The molecule has 5 rings (SSSR count). The van der Waals surface area contributed by atoms with E-state index in [2.05, 4.69) is 36.9 Å². The first-order valence-corrected chi connectivity index (χ1v) is 12.8. The minimum absolute atomic E-state index is 0.161. The smallest absolute Gasteiger partial charge is 0.416 e. The van der Waals surface area contributed by atoms with E-state index in [-0.39, 0.29) is 5.41 Å². The Morgan fingerprint density at radius 1 is 1.06 bits per heavy atom. The van der Waals surface area contributed by atoms with Crippen LogP contribution in [0.25, 0.3) is 0 Å². The largest absolute Gasteiger partial charge is 0.497 e. The van der Waals surface area contributed by atoms with Gasteiger partial charge in [-0.2, -0.15) is 13.2 Å². The third-order valence-electron chi connectivity index (χ3n) is 9.43. The highest BCUT2D eigenvalue weighted by Crippen LogP contribution is 2.62. The molecular weight excluding hydrogens is 435 g/mol. The molecule has 0 unspecified atom stereocenters. The number of methoxy groups -OCH3 is 1. The number of ether oxygens (including phenoxy) is 1. The number of rotatable bonds is 5. The summed E-state index contributed by atoms with van der Waals surface area (Å²) in [7, 11) is 1.73. The van der Waals surface area contributed by atoms with Crippen LogP contribution in [-0.4, -0.2) is 24.6 Å². The fraction of sp³-hybridized carbons (Fsp3) is 0.586. The van der Waals surface area contributed by atoms with Gasteiger partial charge in [0.25, 0.3) is 0 Å². The van der Waals surface area contributed by atoms with Gasteiger partial charge in [-0.15, -0.1) is 0 Å². The lowest BCUT2D eigenvalue weighted by Gasteiger charge is -2.52. The van der Waals surface area contributed by atoms with Gasteiger partial charge in [-0.05, 0) is 103 Å². The zero-order chi connectivity index (χ0) is 24.1. The highest BCUT2D eigenvalue weighted by atomic mass is 19.4. The quantitative estimate of drug-likeness (QED) is 0.449. The fourth-order valence-electron chi connectivity index (χ4n) is 7.85. The Morgan fingerprint density at radius 2 is 1.85 bits per heavy atom. The summed E-state index contributed by atoms with van der Waals surface area (Å²) in [6.07, 6.45) is 2.58. The second-order valence-corrected chi connectivity index (χ2v) is 10.8. The number of hydrogen-bond donors (Lipinski definition) is 0. The van der Waals surface area contributed by atoms with Gasteiger partial charge in [0.05, 0.1) is 12.7 Å². The predicted molar refractivity (Wildman–Crippen MR) is 129 cm³/mol. The average molecular weight is 472 g/mol. The standard InChI is InChI=1S/C29H36F3NO/c1-4-33(18-20-7-5-6-8-25(20)29(30,31)32)27-14-13-26-24-11-9-19-17-21(34-3)10-12-22(19)23(24)15-16-28(26,27)2/h5-8,10,12,17,23-24,26-27H,4,9,11,13-16,18H2,1-3H3/t23-,24-,26+,27+,28+/m1/s1. The maximum absolute atomic E-state index is 13.7. The minimum atomic E-state index is -4.31. The van der Waals surface area contributed by atoms with Gasteiger partial charge in [0.1, 0.15) is 5.75 Å². The molecule has 5 heteroatoms. The Kier molecular flexibility index (Phi) is 6.20. The van der Waals surface area contributed by atoms with Gasteiger partial charge < -0.3 is 4.74 Å². The average Bonchev–Trinajstić information content (AvgIpc) is 3.18. The molecule has 34 heavy (non-hydrogen) atoms. The zero-order valence-electron chi connectivity index (χ0n) is 20.5. The van der Waals surface area contributed by atoms with E-state index in [1.165, 1.54) is 42.5 Å². The van der Waals surface area contributed by atoms with Crippen molar-refractivity contribution in [2.75, 3.05) is 13.7 Å². The lowest BCUT2D eigenvalue weighted by molar-refractivity contribution is -0.138. The summed E-state index contributed by atoms with van der Waals surface area (Å²) in [6.45, 7) is 5.68. The molecule has 2 aromatic rings. The molecule has 0 spiro atoms. The SMILES string of the molecule is CCN(Cc1ccccc1C(F)(F)F)[C@H]1CC[C@H]2[C@@H]3CCc4cc(OC)ccc4[C@H]3CC[C@]12C. The first-order valence-electron chi connectivity index (χ1n) is 12.8. The lowest BCUT2D eigenvalue weighted by atomic mass is 9.55. The third kappa shape index (κ3) is 3.94. The van der Waals surface area contributed by atoms with Crippen LogP contribution in [0.3, 0.4) is 0 Å². The Balaban J connectivity index is 1.39. The number of benzene rings is 2. The van der Waals surface area contributed by atoms with Crippen molar-refractivity contribution >= 4 is 0 Å². The monoisotopic (exact) mass is 471 g/mol. The van der Waals surface area contributed by atoms with Crippen LogP contribution in [0.4, 0.5) is 13.2 Å². The number of fused-ring (bicyclic) bond motifs is 5. The molecule has 3 aliphatic carbocycles. The number of halogens is 3. The molecule has 0 bridgehead atoms. The third-order valence-corrected chi connectivity index (χ3v) is 9.43. The van der Waals surface area contributed by atoms with Crippen molar-refractivity contribution in [3.05, 3.63) is 64.7 Å². The van der Waals surface area contributed by atoms with E-state index in [9.17, 15) is 13.2 Å². The highest BCUT2D eigenvalue weighted by Gasteiger charge is 2.56. The molecule has 2 aromatic carbocycles. The molecule has 2 nitrogen and oxygen atoms in total. The van der Waals surface area contributed by atoms with Crippen molar-refractivity contribution in [1.29, 1.82) is 0 Å². The first-order chi connectivity index (χ1) is 16.3. The summed E-state index contributed by atoms with van der Waals surface area (Å²) in [5.41, 5.74) is 3.02. The number of hydrogen-bond acceptors (Lipinski definition) is 2. The van der Waals surface area contributed by atoms with E-state index < -0.39 is 11.7 Å². The van der Waals surface area contributed by atoms with E-state index >= 15 is 0 Å². The molecule has 0 radical (unpaired) electrons.